The van der Waals surface area contributed by atoms with E-state index in [1.165, 1.54) is 24.1 Å². The Balaban J connectivity index is 1.71. The molecule has 7 heteroatoms. The van der Waals surface area contributed by atoms with Gasteiger partial charge in [0.15, 0.2) is 0 Å². The number of hydrogen-bond donors (Lipinski definition) is 1. The maximum Gasteiger partial charge on any atom is 0.416 e. The molecule has 2 aromatic carbocycles. The summed E-state index contributed by atoms with van der Waals surface area (Å²) in [5, 5.41) is 5.71. The molecule has 0 atom stereocenters. The molecule has 2 aromatic rings. The lowest BCUT2D eigenvalue weighted by molar-refractivity contribution is -0.137. The Morgan fingerprint density at radius 2 is 1.54 bits per heavy atom. The molecule has 1 aliphatic rings. The quantitative estimate of drug-likeness (QED) is 0.846. The highest BCUT2D eigenvalue weighted by Crippen LogP contribution is 2.32. The predicted molar refractivity (Wildman–Crippen MR) is 92.4 cm³/mol. The van der Waals surface area contributed by atoms with Gasteiger partial charge in [-0.15, -0.1) is 0 Å². The first kappa shape index (κ1) is 17.0. The Morgan fingerprint density at radius 3 is 2.21 bits per heavy atom. The van der Waals surface area contributed by atoms with Crippen LogP contribution in [0.4, 0.5) is 24.5 Å². The number of halogens is 3. The SMILES string of the molecule is NSc1ccccc1N1CCN(c2cccc(C(F)(F)F)c2)CC1. The Hall–Kier alpha value is -1.86. The first-order valence-electron chi connectivity index (χ1n) is 7.62. The highest BCUT2D eigenvalue weighted by Gasteiger charge is 2.31. The van der Waals surface area contributed by atoms with E-state index >= 15 is 0 Å². The maximum atomic E-state index is 12.9. The lowest BCUT2D eigenvalue weighted by Gasteiger charge is -2.38. The third-order valence-corrected chi connectivity index (χ3v) is 4.75. The molecule has 0 unspecified atom stereocenters. The molecule has 1 aliphatic heterocycles. The molecule has 0 bridgehead atoms. The molecule has 1 fully saturated rings. The molecule has 0 radical (unpaired) electrons. The smallest absolute Gasteiger partial charge is 0.368 e. The van der Waals surface area contributed by atoms with Crippen molar-refractivity contribution in [2.24, 2.45) is 5.14 Å². The van der Waals surface area contributed by atoms with Crippen molar-refractivity contribution in [1.29, 1.82) is 0 Å². The van der Waals surface area contributed by atoms with Gasteiger partial charge in [0.2, 0.25) is 0 Å². The zero-order valence-corrected chi connectivity index (χ0v) is 13.8. The number of para-hydroxylation sites is 1. The maximum absolute atomic E-state index is 12.9. The predicted octanol–water partition coefficient (Wildman–Crippen LogP) is 4.00. The van der Waals surface area contributed by atoms with E-state index in [0.29, 0.717) is 18.8 Å². The summed E-state index contributed by atoms with van der Waals surface area (Å²) in [7, 11) is 0. The van der Waals surface area contributed by atoms with E-state index < -0.39 is 11.7 Å². The van der Waals surface area contributed by atoms with Crippen LogP contribution in [-0.2, 0) is 6.18 Å². The molecule has 0 saturated carbocycles. The van der Waals surface area contributed by atoms with E-state index in [4.69, 9.17) is 5.14 Å². The van der Waals surface area contributed by atoms with Crippen LogP contribution in [0.2, 0.25) is 0 Å². The number of benzene rings is 2. The summed E-state index contributed by atoms with van der Waals surface area (Å²) < 4.78 is 38.6. The number of hydrogen-bond acceptors (Lipinski definition) is 4. The molecular weight excluding hydrogens is 335 g/mol. The normalized spacial score (nSPS) is 15.7. The van der Waals surface area contributed by atoms with Gasteiger partial charge in [0.1, 0.15) is 0 Å². The van der Waals surface area contributed by atoms with Gasteiger partial charge in [-0.2, -0.15) is 13.2 Å². The van der Waals surface area contributed by atoms with Gasteiger partial charge in [0.05, 0.1) is 11.3 Å². The van der Waals surface area contributed by atoms with Gasteiger partial charge >= 0.3 is 6.18 Å². The molecular formula is C17H18F3N3S. The van der Waals surface area contributed by atoms with Crippen molar-refractivity contribution >= 4 is 23.3 Å². The van der Waals surface area contributed by atoms with Crippen molar-refractivity contribution in [2.75, 3.05) is 36.0 Å². The van der Waals surface area contributed by atoms with Gasteiger partial charge in [-0.25, -0.2) is 0 Å². The van der Waals surface area contributed by atoms with Crippen LogP contribution in [-0.4, -0.2) is 26.2 Å². The Kier molecular flexibility index (Phi) is 4.91. The number of rotatable bonds is 3. The molecule has 3 rings (SSSR count). The van der Waals surface area contributed by atoms with Crippen LogP contribution in [0, 0.1) is 0 Å². The molecule has 0 aromatic heterocycles. The van der Waals surface area contributed by atoms with E-state index in [2.05, 4.69) is 4.90 Å². The summed E-state index contributed by atoms with van der Waals surface area (Å²) in [6, 6.07) is 13.4. The Morgan fingerprint density at radius 1 is 0.875 bits per heavy atom. The summed E-state index contributed by atoms with van der Waals surface area (Å²) in [5.41, 5.74) is 1.09. The van der Waals surface area contributed by atoms with Crippen molar-refractivity contribution in [1.82, 2.24) is 0 Å². The van der Waals surface area contributed by atoms with Crippen LogP contribution in [0.5, 0.6) is 0 Å². The average molecular weight is 353 g/mol. The fourth-order valence-electron chi connectivity index (χ4n) is 2.90. The molecule has 1 heterocycles. The molecule has 3 nitrogen and oxygen atoms in total. The first-order chi connectivity index (χ1) is 11.5. The second kappa shape index (κ2) is 6.94. The summed E-state index contributed by atoms with van der Waals surface area (Å²) in [6.45, 7) is 2.83. The van der Waals surface area contributed by atoms with E-state index in [9.17, 15) is 13.2 Å². The first-order valence-corrected chi connectivity index (χ1v) is 8.50. The van der Waals surface area contributed by atoms with Gasteiger partial charge in [0.25, 0.3) is 0 Å². The summed E-state index contributed by atoms with van der Waals surface area (Å²) in [4.78, 5) is 5.22. The van der Waals surface area contributed by atoms with Crippen LogP contribution in [0.1, 0.15) is 5.56 Å². The average Bonchev–Trinajstić information content (AvgIpc) is 2.61. The fraction of sp³-hybridized carbons (Fsp3) is 0.294. The number of nitrogens with zero attached hydrogens (tertiary/aromatic N) is 2. The second-order valence-electron chi connectivity index (χ2n) is 5.61. The number of piperazine rings is 1. The van der Waals surface area contributed by atoms with Crippen LogP contribution in [0.15, 0.2) is 53.4 Å². The zero-order chi connectivity index (χ0) is 17.2. The van der Waals surface area contributed by atoms with Gasteiger partial charge in [0, 0.05) is 36.8 Å². The minimum atomic E-state index is -4.31. The second-order valence-corrected chi connectivity index (χ2v) is 6.28. The highest BCUT2D eigenvalue weighted by atomic mass is 32.2. The van der Waals surface area contributed by atoms with Gasteiger partial charge in [-0.1, -0.05) is 18.2 Å². The molecule has 0 spiro atoms. The van der Waals surface area contributed by atoms with Crippen LogP contribution >= 0.6 is 11.9 Å². The lowest BCUT2D eigenvalue weighted by atomic mass is 10.1. The van der Waals surface area contributed by atoms with Gasteiger partial charge in [-0.3, -0.25) is 5.14 Å². The van der Waals surface area contributed by atoms with Crippen molar-refractivity contribution in [3.05, 3.63) is 54.1 Å². The molecule has 0 aliphatic carbocycles. The van der Waals surface area contributed by atoms with Crippen molar-refractivity contribution < 1.29 is 13.2 Å². The van der Waals surface area contributed by atoms with Gasteiger partial charge < -0.3 is 9.80 Å². The Bertz CT molecular complexity index is 697. The number of anilines is 2. The number of nitrogens with two attached hydrogens (primary N) is 1. The largest absolute Gasteiger partial charge is 0.416 e. The molecule has 1 saturated heterocycles. The fourth-order valence-corrected chi connectivity index (χ4v) is 3.38. The minimum Gasteiger partial charge on any atom is -0.368 e. The minimum absolute atomic E-state index is 0.604. The van der Waals surface area contributed by atoms with E-state index in [0.717, 1.165) is 29.7 Å². The lowest BCUT2D eigenvalue weighted by Crippen LogP contribution is -2.46. The zero-order valence-electron chi connectivity index (χ0n) is 13.0. The Labute approximate surface area is 143 Å². The highest BCUT2D eigenvalue weighted by molar-refractivity contribution is 7.97. The van der Waals surface area contributed by atoms with Crippen LogP contribution in [0.25, 0.3) is 0 Å². The third-order valence-electron chi connectivity index (χ3n) is 4.15. The number of alkyl halides is 3. The van der Waals surface area contributed by atoms with Crippen molar-refractivity contribution in [3.63, 3.8) is 0 Å². The van der Waals surface area contributed by atoms with Crippen molar-refractivity contribution in [3.8, 4) is 0 Å². The molecule has 2 N–H and O–H groups in total. The summed E-state index contributed by atoms with van der Waals surface area (Å²) in [5.74, 6) is 0. The standard InChI is InChI=1S/C17H18F3N3S/c18-17(19,20)13-4-3-5-14(12-13)22-8-10-23(11-9-22)15-6-1-2-7-16(15)24-21/h1-7,12H,8-11,21H2. The monoisotopic (exact) mass is 353 g/mol. The van der Waals surface area contributed by atoms with E-state index in [1.807, 2.05) is 29.2 Å². The molecule has 24 heavy (non-hydrogen) atoms. The third kappa shape index (κ3) is 3.62. The van der Waals surface area contributed by atoms with Crippen LogP contribution < -0.4 is 14.9 Å². The molecule has 0 amide bonds. The molecule has 128 valence electrons. The van der Waals surface area contributed by atoms with Gasteiger partial charge in [-0.05, 0) is 42.3 Å². The van der Waals surface area contributed by atoms with Crippen molar-refractivity contribution in [2.45, 2.75) is 11.1 Å². The van der Waals surface area contributed by atoms with E-state index in [-0.39, 0.29) is 0 Å². The van der Waals surface area contributed by atoms with Crippen LogP contribution in [0.3, 0.4) is 0 Å². The topological polar surface area (TPSA) is 32.5 Å². The summed E-state index contributed by atoms with van der Waals surface area (Å²) >= 11 is 1.21. The van der Waals surface area contributed by atoms with E-state index in [1.54, 1.807) is 6.07 Å². The summed E-state index contributed by atoms with van der Waals surface area (Å²) in [6.07, 6.45) is -4.31.